The predicted molar refractivity (Wildman–Crippen MR) is 28.0 cm³/mol. The van der Waals surface area contributed by atoms with Crippen molar-refractivity contribution in [2.24, 2.45) is 0 Å². The summed E-state index contributed by atoms with van der Waals surface area (Å²) < 4.78 is 0. The van der Waals surface area contributed by atoms with E-state index in [4.69, 9.17) is 0 Å². The largest absolute Gasteiger partial charge is 0.344 e. The van der Waals surface area contributed by atoms with E-state index in [9.17, 15) is 0 Å². The van der Waals surface area contributed by atoms with Gasteiger partial charge in [0.15, 0.2) is 0 Å². The van der Waals surface area contributed by atoms with Gasteiger partial charge in [0.2, 0.25) is 0 Å². The van der Waals surface area contributed by atoms with Crippen molar-refractivity contribution in [3.63, 3.8) is 0 Å². The molecular formula is C5H11N. The van der Waals surface area contributed by atoms with Gasteiger partial charge in [-0.25, -0.2) is 0 Å². The lowest BCUT2D eigenvalue weighted by molar-refractivity contribution is 0.929. The topological polar surface area (TPSA) is 35.0 Å². The van der Waals surface area contributed by atoms with Crippen LogP contribution in [-0.4, -0.2) is 0 Å². The van der Waals surface area contributed by atoms with Crippen LogP contribution < -0.4 is 6.15 Å². The summed E-state index contributed by atoms with van der Waals surface area (Å²) in [6, 6.07) is 0. The van der Waals surface area contributed by atoms with E-state index >= 15 is 0 Å². The minimum atomic E-state index is 0. The van der Waals surface area contributed by atoms with Crippen molar-refractivity contribution in [2.75, 3.05) is 0 Å². The lowest BCUT2D eigenvalue weighted by atomic mass is 10.4. The van der Waals surface area contributed by atoms with E-state index < -0.39 is 0 Å². The molecule has 0 fully saturated rings. The van der Waals surface area contributed by atoms with Crippen LogP contribution in [0.1, 0.15) is 19.3 Å². The van der Waals surface area contributed by atoms with Crippen LogP contribution in [0.3, 0.4) is 0 Å². The van der Waals surface area contributed by atoms with Crippen LogP contribution in [0.2, 0.25) is 0 Å². The van der Waals surface area contributed by atoms with E-state index in [0.717, 1.165) is 0 Å². The Morgan fingerprint density at radius 3 is 1.67 bits per heavy atom. The Labute approximate surface area is 38.6 Å². The van der Waals surface area contributed by atoms with Gasteiger partial charge in [0, 0.05) is 0 Å². The summed E-state index contributed by atoms with van der Waals surface area (Å²) in [4.78, 5) is 0. The van der Waals surface area contributed by atoms with E-state index in [1.54, 1.807) is 0 Å². The Hall–Kier alpha value is -0.300. The average molecular weight is 85.2 g/mol. The molecule has 0 aromatic carbocycles. The van der Waals surface area contributed by atoms with Crippen LogP contribution >= 0.6 is 0 Å². The van der Waals surface area contributed by atoms with Crippen molar-refractivity contribution in [3.05, 3.63) is 12.2 Å². The molecule has 36 valence electrons. The summed E-state index contributed by atoms with van der Waals surface area (Å²) in [5.41, 5.74) is 0. The first kappa shape index (κ1) is 5.70. The lowest BCUT2D eigenvalue weighted by Gasteiger charge is -1.69. The first-order valence-electron chi connectivity index (χ1n) is 2.15. The average Bonchev–Trinajstić information content (AvgIpc) is 1.76. The molecule has 1 rings (SSSR count). The quantitative estimate of drug-likeness (QED) is 0.448. The molecule has 0 atom stereocenters. The summed E-state index contributed by atoms with van der Waals surface area (Å²) >= 11 is 0. The van der Waals surface area contributed by atoms with E-state index in [-0.39, 0.29) is 6.15 Å². The van der Waals surface area contributed by atoms with Gasteiger partial charge in [0.25, 0.3) is 0 Å². The van der Waals surface area contributed by atoms with E-state index in [1.165, 1.54) is 19.3 Å². The van der Waals surface area contributed by atoms with Gasteiger partial charge < -0.3 is 6.15 Å². The molecule has 0 aliphatic heterocycles. The molecule has 3 N–H and O–H groups in total. The highest BCUT2D eigenvalue weighted by atomic mass is 14.0. The fourth-order valence-corrected chi connectivity index (χ4v) is 0.589. The Morgan fingerprint density at radius 2 is 1.50 bits per heavy atom. The van der Waals surface area contributed by atoms with Crippen molar-refractivity contribution < 1.29 is 0 Å². The highest BCUT2D eigenvalue weighted by molar-refractivity contribution is 4.88. The van der Waals surface area contributed by atoms with Crippen molar-refractivity contribution in [3.8, 4) is 0 Å². The second-order valence-corrected chi connectivity index (χ2v) is 1.40. The molecule has 0 saturated heterocycles. The molecule has 0 aromatic rings. The van der Waals surface area contributed by atoms with Crippen LogP contribution in [0, 0.1) is 0 Å². The molecule has 0 bridgehead atoms. The van der Waals surface area contributed by atoms with Gasteiger partial charge in [0.05, 0.1) is 0 Å². The Balaban J connectivity index is 0.000000250. The summed E-state index contributed by atoms with van der Waals surface area (Å²) in [7, 11) is 0. The predicted octanol–water partition coefficient (Wildman–Crippen LogP) is 1.89. The van der Waals surface area contributed by atoms with Gasteiger partial charge >= 0.3 is 0 Å². The summed E-state index contributed by atoms with van der Waals surface area (Å²) in [6.45, 7) is 0. The first-order valence-corrected chi connectivity index (χ1v) is 2.15. The Morgan fingerprint density at radius 1 is 1.00 bits per heavy atom. The number of hydrogen-bond acceptors (Lipinski definition) is 1. The van der Waals surface area contributed by atoms with Crippen LogP contribution in [0.25, 0.3) is 0 Å². The Kier molecular flexibility index (Phi) is 2.77. The van der Waals surface area contributed by atoms with Crippen molar-refractivity contribution in [2.45, 2.75) is 19.3 Å². The van der Waals surface area contributed by atoms with E-state index in [0.29, 0.717) is 0 Å². The fraction of sp³-hybridized carbons (Fsp3) is 0.600. The van der Waals surface area contributed by atoms with Gasteiger partial charge in [-0.3, -0.25) is 0 Å². The third kappa shape index (κ3) is 1.22. The summed E-state index contributed by atoms with van der Waals surface area (Å²) in [6.07, 6.45) is 8.50. The number of allylic oxidation sites excluding steroid dienone is 2. The van der Waals surface area contributed by atoms with E-state index in [1.807, 2.05) is 0 Å². The minimum Gasteiger partial charge on any atom is -0.344 e. The zero-order chi connectivity index (χ0) is 3.54. The van der Waals surface area contributed by atoms with Gasteiger partial charge in [-0.2, -0.15) is 0 Å². The van der Waals surface area contributed by atoms with Crippen LogP contribution in [0.4, 0.5) is 0 Å². The van der Waals surface area contributed by atoms with E-state index in [2.05, 4.69) is 12.2 Å². The SMILES string of the molecule is C1=CCCC1.N. The number of rotatable bonds is 0. The van der Waals surface area contributed by atoms with Crippen LogP contribution in [0.15, 0.2) is 12.2 Å². The molecule has 1 aliphatic carbocycles. The highest BCUT2D eigenvalue weighted by Crippen LogP contribution is 2.05. The zero-order valence-electron chi connectivity index (χ0n) is 3.98. The second-order valence-electron chi connectivity index (χ2n) is 1.40. The monoisotopic (exact) mass is 85.1 g/mol. The maximum absolute atomic E-state index is 2.24. The van der Waals surface area contributed by atoms with Gasteiger partial charge in [-0.1, -0.05) is 12.2 Å². The second kappa shape index (κ2) is 2.91. The fourth-order valence-electron chi connectivity index (χ4n) is 0.589. The molecule has 0 aromatic heterocycles. The smallest absolute Gasteiger partial charge is 0.0348 e. The zero-order valence-corrected chi connectivity index (χ0v) is 3.98. The van der Waals surface area contributed by atoms with Crippen molar-refractivity contribution in [1.82, 2.24) is 6.15 Å². The molecule has 1 heteroatoms. The summed E-state index contributed by atoms with van der Waals surface area (Å²) in [5.74, 6) is 0. The molecule has 0 amide bonds. The van der Waals surface area contributed by atoms with Crippen molar-refractivity contribution in [1.29, 1.82) is 0 Å². The molecule has 0 unspecified atom stereocenters. The highest BCUT2D eigenvalue weighted by Gasteiger charge is 1.84. The Bertz CT molecular complexity index is 41.9. The van der Waals surface area contributed by atoms with Gasteiger partial charge in [-0.15, -0.1) is 0 Å². The molecular weight excluding hydrogens is 74.1 g/mol. The van der Waals surface area contributed by atoms with Crippen LogP contribution in [-0.2, 0) is 0 Å². The molecule has 0 heterocycles. The van der Waals surface area contributed by atoms with Gasteiger partial charge in [0.1, 0.15) is 0 Å². The third-order valence-corrected chi connectivity index (χ3v) is 0.908. The molecule has 0 saturated carbocycles. The molecule has 6 heavy (non-hydrogen) atoms. The molecule has 1 nitrogen and oxygen atoms in total. The summed E-state index contributed by atoms with van der Waals surface area (Å²) in [5, 5.41) is 0. The maximum Gasteiger partial charge on any atom is -0.0348 e. The van der Waals surface area contributed by atoms with Gasteiger partial charge in [-0.05, 0) is 19.3 Å². The minimum absolute atomic E-state index is 0. The normalized spacial score (nSPS) is 17.3. The lowest BCUT2D eigenvalue weighted by Crippen LogP contribution is -1.50. The number of hydrogen-bond donors (Lipinski definition) is 1. The van der Waals surface area contributed by atoms with Crippen LogP contribution in [0.5, 0.6) is 0 Å². The first-order chi connectivity index (χ1) is 2.50. The van der Waals surface area contributed by atoms with Crippen molar-refractivity contribution >= 4 is 0 Å². The maximum atomic E-state index is 2.24. The molecule has 1 aliphatic rings. The standard InChI is InChI=1S/C5H8.H3N/c1-2-4-5-3-1;/h1-2H,3-5H2;1H3. The molecule has 0 spiro atoms. The third-order valence-electron chi connectivity index (χ3n) is 0.908. The molecule has 0 radical (unpaired) electrons.